The smallest absolute Gasteiger partial charge is 0.269 e. The average molecular weight is 353 g/mol. The molecule has 0 aromatic heterocycles. The summed E-state index contributed by atoms with van der Waals surface area (Å²) in [6.07, 6.45) is 2.89. The van der Waals surface area contributed by atoms with Crippen molar-refractivity contribution in [2.45, 2.75) is 0 Å². The minimum Gasteiger partial charge on any atom is -0.481 e. The number of nitrogens with zero attached hydrogens (tertiary/aromatic N) is 2. The first-order valence-electron chi connectivity index (χ1n) is 7.71. The summed E-state index contributed by atoms with van der Waals surface area (Å²) in [6.45, 7) is -0.0407. The fourth-order valence-corrected chi connectivity index (χ4v) is 2.42. The molecule has 8 heteroatoms. The molecule has 0 saturated carbocycles. The summed E-state index contributed by atoms with van der Waals surface area (Å²) >= 11 is 0. The molecule has 0 spiro atoms. The molecule has 8 nitrogen and oxygen atoms in total. The van der Waals surface area contributed by atoms with Gasteiger partial charge in [0.1, 0.15) is 5.75 Å². The van der Waals surface area contributed by atoms with Crippen molar-refractivity contribution in [3.8, 4) is 5.75 Å². The van der Waals surface area contributed by atoms with Crippen molar-refractivity contribution in [2.75, 3.05) is 23.9 Å². The average Bonchev–Trinajstić information content (AvgIpc) is 2.63. The van der Waals surface area contributed by atoms with Crippen molar-refractivity contribution < 1.29 is 19.2 Å². The van der Waals surface area contributed by atoms with E-state index in [0.717, 1.165) is 0 Å². The highest BCUT2D eigenvalue weighted by Crippen LogP contribution is 2.33. The highest BCUT2D eigenvalue weighted by molar-refractivity contribution is 6.03. The Bertz CT molecular complexity index is 906. The van der Waals surface area contributed by atoms with Gasteiger partial charge in [-0.25, -0.2) is 0 Å². The lowest BCUT2D eigenvalue weighted by Gasteiger charge is -2.26. The molecule has 0 saturated heterocycles. The van der Waals surface area contributed by atoms with E-state index in [1.807, 2.05) is 0 Å². The lowest BCUT2D eigenvalue weighted by Crippen LogP contribution is -2.35. The molecule has 1 aliphatic rings. The Morgan fingerprint density at radius 2 is 2.00 bits per heavy atom. The Morgan fingerprint density at radius 1 is 1.27 bits per heavy atom. The van der Waals surface area contributed by atoms with Crippen molar-refractivity contribution in [1.29, 1.82) is 0 Å². The highest BCUT2D eigenvalue weighted by Gasteiger charge is 2.22. The lowest BCUT2D eigenvalue weighted by molar-refractivity contribution is -0.384. The van der Waals surface area contributed by atoms with Crippen LogP contribution >= 0.6 is 0 Å². The number of hydrogen-bond acceptors (Lipinski definition) is 5. The molecule has 0 aliphatic carbocycles. The number of hydrogen-bond donors (Lipinski definition) is 1. The van der Waals surface area contributed by atoms with Crippen molar-refractivity contribution in [2.24, 2.45) is 0 Å². The van der Waals surface area contributed by atoms with E-state index in [1.165, 1.54) is 23.1 Å². The van der Waals surface area contributed by atoms with Crippen molar-refractivity contribution in [3.63, 3.8) is 0 Å². The molecule has 0 unspecified atom stereocenters. The van der Waals surface area contributed by atoms with Crippen LogP contribution in [0.4, 0.5) is 17.1 Å². The van der Waals surface area contributed by atoms with Crippen LogP contribution in [0.25, 0.3) is 6.08 Å². The van der Waals surface area contributed by atoms with Gasteiger partial charge in [0.15, 0.2) is 6.61 Å². The molecule has 2 aromatic carbocycles. The van der Waals surface area contributed by atoms with E-state index in [4.69, 9.17) is 4.74 Å². The zero-order valence-electron chi connectivity index (χ0n) is 13.8. The van der Waals surface area contributed by atoms with Crippen LogP contribution in [0.5, 0.6) is 5.75 Å². The van der Waals surface area contributed by atoms with Crippen molar-refractivity contribution in [3.05, 3.63) is 64.2 Å². The maximum Gasteiger partial charge on any atom is 0.269 e. The van der Waals surface area contributed by atoms with Gasteiger partial charge in [0.2, 0.25) is 5.91 Å². The Labute approximate surface area is 148 Å². The van der Waals surface area contributed by atoms with Crippen molar-refractivity contribution >= 4 is 35.0 Å². The highest BCUT2D eigenvalue weighted by atomic mass is 16.6. The molecular weight excluding hydrogens is 338 g/mol. The van der Waals surface area contributed by atoms with Gasteiger partial charge in [0, 0.05) is 37.0 Å². The van der Waals surface area contributed by atoms with Crippen LogP contribution in [0.1, 0.15) is 5.56 Å². The van der Waals surface area contributed by atoms with Crippen LogP contribution in [-0.2, 0) is 9.59 Å². The van der Waals surface area contributed by atoms with Gasteiger partial charge in [-0.2, -0.15) is 0 Å². The number of carbonyl (C=O) groups excluding carboxylic acids is 2. The number of carbonyl (C=O) groups is 2. The summed E-state index contributed by atoms with van der Waals surface area (Å²) in [4.78, 5) is 35.2. The zero-order chi connectivity index (χ0) is 18.7. The van der Waals surface area contributed by atoms with Crippen LogP contribution in [0.15, 0.2) is 48.5 Å². The first kappa shape index (κ1) is 17.2. The zero-order valence-corrected chi connectivity index (χ0v) is 13.8. The van der Waals surface area contributed by atoms with E-state index in [1.54, 1.807) is 43.5 Å². The number of non-ortho nitro benzene ring substituents is 1. The number of anilines is 2. The monoisotopic (exact) mass is 353 g/mol. The number of ether oxygens (including phenoxy) is 1. The minimum atomic E-state index is -0.483. The molecule has 1 N–H and O–H groups in total. The number of nitrogens with one attached hydrogen (secondary N) is 1. The number of likely N-dealkylation sites (N-methyl/N-ethyl adjacent to an activating group) is 1. The van der Waals surface area contributed by atoms with Gasteiger partial charge in [-0.1, -0.05) is 0 Å². The minimum absolute atomic E-state index is 0.0101. The summed E-state index contributed by atoms with van der Waals surface area (Å²) in [7, 11) is 1.66. The molecule has 2 amide bonds. The van der Waals surface area contributed by atoms with Crippen LogP contribution in [0, 0.1) is 10.1 Å². The third kappa shape index (κ3) is 3.69. The quantitative estimate of drug-likeness (QED) is 0.517. The summed E-state index contributed by atoms with van der Waals surface area (Å²) < 4.78 is 5.37. The molecule has 0 atom stereocenters. The standard InChI is InChI=1S/C18H15N3O5/c1-20-15-8-5-13(10-16(15)26-11-18(20)23)19-17(22)9-4-12-2-6-14(7-3-12)21(24)25/h2-10H,11H2,1H3,(H,19,22)/b9-4+. The second-order valence-electron chi connectivity index (χ2n) is 5.60. The van der Waals surface area contributed by atoms with Gasteiger partial charge in [-0.05, 0) is 35.9 Å². The van der Waals surface area contributed by atoms with Gasteiger partial charge < -0.3 is 15.0 Å². The number of rotatable bonds is 4. The van der Waals surface area contributed by atoms with E-state index in [9.17, 15) is 19.7 Å². The topological polar surface area (TPSA) is 102 Å². The molecule has 132 valence electrons. The molecule has 26 heavy (non-hydrogen) atoms. The van der Waals surface area contributed by atoms with Crippen LogP contribution in [0.2, 0.25) is 0 Å². The van der Waals surface area contributed by atoms with E-state index in [-0.39, 0.29) is 24.1 Å². The molecular formula is C18H15N3O5. The number of benzene rings is 2. The maximum absolute atomic E-state index is 12.0. The second-order valence-corrected chi connectivity index (χ2v) is 5.60. The Kier molecular flexibility index (Phi) is 4.66. The Balaban J connectivity index is 1.66. The van der Waals surface area contributed by atoms with E-state index in [2.05, 4.69) is 5.32 Å². The molecule has 0 bridgehead atoms. The molecule has 0 fully saturated rings. The van der Waals surface area contributed by atoms with Gasteiger partial charge >= 0.3 is 0 Å². The molecule has 2 aromatic rings. The third-order valence-electron chi connectivity index (χ3n) is 3.85. The third-order valence-corrected chi connectivity index (χ3v) is 3.85. The fraction of sp³-hybridized carbons (Fsp3) is 0.111. The summed E-state index contributed by atoms with van der Waals surface area (Å²) in [5.41, 5.74) is 1.83. The van der Waals surface area contributed by atoms with E-state index >= 15 is 0 Å². The molecule has 1 heterocycles. The SMILES string of the molecule is CN1C(=O)COc2cc(NC(=O)/C=C/c3ccc([N+](=O)[O-])cc3)ccc21. The normalized spacial score (nSPS) is 13.3. The van der Waals surface area contributed by atoms with E-state index in [0.29, 0.717) is 22.7 Å². The van der Waals surface area contributed by atoms with Crippen LogP contribution in [0.3, 0.4) is 0 Å². The van der Waals surface area contributed by atoms with Crippen LogP contribution in [-0.4, -0.2) is 30.4 Å². The predicted octanol–water partition coefficient (Wildman–Crippen LogP) is 2.60. The molecule has 0 radical (unpaired) electrons. The number of amides is 2. The molecule has 3 rings (SSSR count). The predicted molar refractivity (Wildman–Crippen MR) is 96.1 cm³/mol. The van der Waals surface area contributed by atoms with Gasteiger partial charge in [0.05, 0.1) is 10.6 Å². The number of fused-ring (bicyclic) bond motifs is 1. The fourth-order valence-electron chi connectivity index (χ4n) is 2.42. The van der Waals surface area contributed by atoms with Crippen molar-refractivity contribution in [1.82, 2.24) is 0 Å². The first-order valence-corrected chi connectivity index (χ1v) is 7.71. The summed E-state index contributed by atoms with van der Waals surface area (Å²) in [6, 6.07) is 10.9. The number of nitro benzene ring substituents is 1. The van der Waals surface area contributed by atoms with Gasteiger partial charge in [0.25, 0.3) is 11.6 Å². The van der Waals surface area contributed by atoms with Crippen LogP contribution < -0.4 is 15.0 Å². The molecule has 1 aliphatic heterocycles. The Hall–Kier alpha value is -3.68. The summed E-state index contributed by atoms with van der Waals surface area (Å²) in [5, 5.41) is 13.3. The first-order chi connectivity index (χ1) is 12.4. The Morgan fingerprint density at radius 3 is 2.69 bits per heavy atom. The van der Waals surface area contributed by atoms with Gasteiger partial charge in [-0.15, -0.1) is 0 Å². The second kappa shape index (κ2) is 7.06. The van der Waals surface area contributed by atoms with Gasteiger partial charge in [-0.3, -0.25) is 19.7 Å². The summed E-state index contributed by atoms with van der Waals surface area (Å²) in [5.74, 6) is 0.0214. The van der Waals surface area contributed by atoms with E-state index < -0.39 is 4.92 Å². The largest absolute Gasteiger partial charge is 0.481 e. The maximum atomic E-state index is 12.0. The number of nitro groups is 1. The lowest BCUT2D eigenvalue weighted by atomic mass is 10.2.